The van der Waals surface area contributed by atoms with Crippen LogP contribution in [0.2, 0.25) is 0 Å². The molecule has 0 aromatic rings. The van der Waals surface area contributed by atoms with Crippen LogP contribution in [0.4, 0.5) is 0 Å². The molecule has 3 heteroatoms. The van der Waals surface area contributed by atoms with Gasteiger partial charge in [-0.25, -0.2) is 0 Å². The molecule has 0 saturated carbocycles. The van der Waals surface area contributed by atoms with E-state index in [1.807, 2.05) is 0 Å². The fourth-order valence-corrected chi connectivity index (χ4v) is 0. The fraction of sp³-hybridized carbons (Fsp3) is 0.667. The average Bonchev–Trinajstić information content (AvgIpc) is 1.38. The zero-order valence-electron chi connectivity index (χ0n) is 4.06. The molecule has 0 atom stereocenters. The number of rotatable bonds is 1. The molecule has 0 heterocycles. The van der Waals surface area contributed by atoms with E-state index in [4.69, 9.17) is 5.11 Å². The van der Waals surface area contributed by atoms with Gasteiger partial charge in [0, 0.05) is 36.0 Å². The minimum atomic E-state index is -0.745. The Hall–Kier alpha value is 0.470. The molecule has 0 spiro atoms. The summed E-state index contributed by atoms with van der Waals surface area (Å²) in [5, 5.41) is 7.72. The summed E-state index contributed by atoms with van der Waals surface area (Å²) in [6.07, 6.45) is 0.222. The molecule has 0 bridgehead atoms. The fourth-order valence-electron chi connectivity index (χ4n) is 0. The molecule has 0 saturated heterocycles. The molecule has 2 nitrogen and oxygen atoms in total. The third-order valence-corrected chi connectivity index (χ3v) is 0.302. The van der Waals surface area contributed by atoms with Crippen molar-refractivity contribution in [3.05, 3.63) is 0 Å². The summed E-state index contributed by atoms with van der Waals surface area (Å²) >= 11 is 0. The van der Waals surface area contributed by atoms with Gasteiger partial charge in [-0.2, -0.15) is 0 Å². The quantitative estimate of drug-likeness (QED) is 0.471. The molecule has 31 valence electrons. The first-order valence-electron chi connectivity index (χ1n) is 1.49. The largest absolute Gasteiger partial charge is 0.481 e. The van der Waals surface area contributed by atoms with Gasteiger partial charge >= 0.3 is 5.97 Å². The van der Waals surface area contributed by atoms with Crippen LogP contribution < -0.4 is 0 Å². The Bertz CT molecular complexity index is 44.1. The predicted molar refractivity (Wildman–Crippen MR) is 23.7 cm³/mol. The smallest absolute Gasteiger partial charge is 0.303 e. The molecule has 1 radical (unpaired) electrons. The van der Waals surface area contributed by atoms with E-state index < -0.39 is 5.97 Å². The zero-order valence-corrected chi connectivity index (χ0v) is 6.06. The summed E-state index contributed by atoms with van der Waals surface area (Å²) in [7, 11) is 0. The van der Waals surface area contributed by atoms with Crippen molar-refractivity contribution < 1.29 is 9.90 Å². The van der Waals surface area contributed by atoms with Crippen molar-refractivity contribution in [3.8, 4) is 0 Å². The van der Waals surface area contributed by atoms with Crippen LogP contribution in [-0.2, 0) is 4.79 Å². The first-order valence-corrected chi connectivity index (χ1v) is 1.49. The number of aliphatic carboxylic acids is 1. The first kappa shape index (κ1) is 9.69. The number of carbonyl (C=O) groups is 1. The summed E-state index contributed by atoms with van der Waals surface area (Å²) in [5.74, 6) is -0.745. The van der Waals surface area contributed by atoms with Crippen LogP contribution in [0.15, 0.2) is 0 Å². The van der Waals surface area contributed by atoms with E-state index in [1.165, 1.54) is 0 Å². The van der Waals surface area contributed by atoms with Gasteiger partial charge in [-0.05, 0) is 0 Å². The zero-order chi connectivity index (χ0) is 4.28. The molecule has 0 aromatic heterocycles. The van der Waals surface area contributed by atoms with E-state index in [-0.39, 0.29) is 36.0 Å². The number of carboxylic acids is 1. The Morgan fingerprint density at radius 1 is 1.83 bits per heavy atom. The molecule has 0 unspecified atom stereocenters. The van der Waals surface area contributed by atoms with E-state index in [1.54, 1.807) is 6.92 Å². The van der Waals surface area contributed by atoms with E-state index >= 15 is 0 Å². The molecule has 0 fully saturated rings. The molecule has 0 rings (SSSR count). The molecule has 0 aromatic carbocycles. The molecular weight excluding hydrogens is 91.0 g/mol. The van der Waals surface area contributed by atoms with Crippen LogP contribution in [0.1, 0.15) is 13.3 Å². The van der Waals surface area contributed by atoms with Crippen LogP contribution in [0.25, 0.3) is 0 Å². The van der Waals surface area contributed by atoms with Gasteiger partial charge in [0.15, 0.2) is 0 Å². The van der Waals surface area contributed by atoms with E-state index in [2.05, 4.69) is 0 Å². The van der Waals surface area contributed by atoms with Crippen molar-refractivity contribution in [3.63, 3.8) is 0 Å². The maximum Gasteiger partial charge on any atom is 0.303 e. The Morgan fingerprint density at radius 3 is 2.00 bits per heavy atom. The Labute approximate surface area is 58.8 Å². The van der Waals surface area contributed by atoms with Gasteiger partial charge in [-0.3, -0.25) is 4.79 Å². The van der Waals surface area contributed by atoms with Crippen molar-refractivity contribution in [2.24, 2.45) is 0 Å². The van der Waals surface area contributed by atoms with Gasteiger partial charge in [-0.15, -0.1) is 0 Å². The van der Waals surface area contributed by atoms with Crippen LogP contribution in [-0.4, -0.2) is 40.6 Å². The topological polar surface area (TPSA) is 37.3 Å². The maximum atomic E-state index is 9.37. The Balaban J connectivity index is 0. The van der Waals surface area contributed by atoms with E-state index in [0.29, 0.717) is 0 Å². The normalized spacial score (nSPS) is 6.17. The number of carboxylic acid groups (broad SMARTS) is 1. The predicted octanol–water partition coefficient (Wildman–Crippen LogP) is 0.100. The standard InChI is InChI=1S/C3H6O2.Na/c1-2-3(4)5;/h2H2,1H3,(H,4,5);. The summed E-state index contributed by atoms with van der Waals surface area (Å²) in [5.41, 5.74) is 0. The Kier molecular flexibility index (Phi) is 8.83. The van der Waals surface area contributed by atoms with Crippen LogP contribution in [0, 0.1) is 0 Å². The summed E-state index contributed by atoms with van der Waals surface area (Å²) in [6.45, 7) is 1.60. The summed E-state index contributed by atoms with van der Waals surface area (Å²) in [6, 6.07) is 0. The van der Waals surface area contributed by atoms with Gasteiger partial charge in [0.2, 0.25) is 0 Å². The van der Waals surface area contributed by atoms with Crippen molar-refractivity contribution in [2.45, 2.75) is 13.3 Å². The Morgan fingerprint density at radius 2 is 2.00 bits per heavy atom. The molecular formula is C3H6NaO2. The van der Waals surface area contributed by atoms with Gasteiger partial charge in [0.1, 0.15) is 0 Å². The molecule has 6 heavy (non-hydrogen) atoms. The maximum absolute atomic E-state index is 9.37. The molecule has 0 amide bonds. The minimum absolute atomic E-state index is 0. The van der Waals surface area contributed by atoms with Gasteiger partial charge in [0.05, 0.1) is 0 Å². The number of hydrogen-bond donors (Lipinski definition) is 1. The van der Waals surface area contributed by atoms with Crippen LogP contribution in [0.3, 0.4) is 0 Å². The average molecular weight is 97.1 g/mol. The molecule has 0 aliphatic carbocycles. The third kappa shape index (κ3) is 8.82. The van der Waals surface area contributed by atoms with Gasteiger partial charge in [0.25, 0.3) is 0 Å². The molecule has 1 N–H and O–H groups in total. The monoisotopic (exact) mass is 97.0 g/mol. The second-order valence-corrected chi connectivity index (χ2v) is 0.747. The van der Waals surface area contributed by atoms with Crippen molar-refractivity contribution >= 4 is 35.5 Å². The minimum Gasteiger partial charge on any atom is -0.481 e. The molecule has 0 aliphatic heterocycles. The summed E-state index contributed by atoms with van der Waals surface area (Å²) in [4.78, 5) is 9.37. The van der Waals surface area contributed by atoms with Crippen molar-refractivity contribution in [1.82, 2.24) is 0 Å². The van der Waals surface area contributed by atoms with Gasteiger partial charge < -0.3 is 5.11 Å². The summed E-state index contributed by atoms with van der Waals surface area (Å²) < 4.78 is 0. The second-order valence-electron chi connectivity index (χ2n) is 0.747. The van der Waals surface area contributed by atoms with Gasteiger partial charge in [-0.1, -0.05) is 6.92 Å². The first-order chi connectivity index (χ1) is 2.27. The van der Waals surface area contributed by atoms with Crippen molar-refractivity contribution in [1.29, 1.82) is 0 Å². The van der Waals surface area contributed by atoms with Crippen LogP contribution >= 0.6 is 0 Å². The number of hydrogen-bond acceptors (Lipinski definition) is 1. The second kappa shape index (κ2) is 5.47. The van der Waals surface area contributed by atoms with E-state index in [9.17, 15) is 4.79 Å². The van der Waals surface area contributed by atoms with Crippen molar-refractivity contribution in [2.75, 3.05) is 0 Å². The van der Waals surface area contributed by atoms with E-state index in [0.717, 1.165) is 0 Å². The molecule has 0 aliphatic rings. The SMILES string of the molecule is CCC(=O)O.[Na]. The third-order valence-electron chi connectivity index (χ3n) is 0.302. The van der Waals surface area contributed by atoms with Crippen LogP contribution in [0.5, 0.6) is 0 Å².